The summed E-state index contributed by atoms with van der Waals surface area (Å²) in [5, 5.41) is 3.47. The highest BCUT2D eigenvalue weighted by molar-refractivity contribution is 9.10. The first-order chi connectivity index (χ1) is 8.22. The van der Waals surface area contributed by atoms with Gasteiger partial charge in [-0.05, 0) is 56.8 Å². The Hall–Kier alpha value is -0.540. The lowest BCUT2D eigenvalue weighted by Gasteiger charge is -2.24. The van der Waals surface area contributed by atoms with Crippen LogP contribution in [0.25, 0.3) is 0 Å². The van der Waals surface area contributed by atoms with Crippen LogP contribution < -0.4 is 10.1 Å². The molecule has 0 spiro atoms. The Labute approximate surface area is 112 Å². The SMILES string of the molecule is COc1ccc(C)c(Br)c1CC1CCCNC1. The second-order valence-corrected chi connectivity index (χ2v) is 5.59. The maximum Gasteiger partial charge on any atom is 0.123 e. The summed E-state index contributed by atoms with van der Waals surface area (Å²) in [6.45, 7) is 4.43. The van der Waals surface area contributed by atoms with Gasteiger partial charge in [-0.2, -0.15) is 0 Å². The van der Waals surface area contributed by atoms with E-state index in [0.29, 0.717) is 0 Å². The molecule has 94 valence electrons. The number of piperidine rings is 1. The minimum atomic E-state index is 0.732. The van der Waals surface area contributed by atoms with Gasteiger partial charge in [0.25, 0.3) is 0 Å². The monoisotopic (exact) mass is 297 g/mol. The molecule has 0 saturated carbocycles. The Balaban J connectivity index is 2.20. The summed E-state index contributed by atoms with van der Waals surface area (Å²) in [6, 6.07) is 4.18. The molecule has 1 aromatic rings. The molecule has 1 unspecified atom stereocenters. The molecule has 0 amide bonds. The number of ether oxygens (including phenoxy) is 1. The predicted molar refractivity (Wildman–Crippen MR) is 74.7 cm³/mol. The van der Waals surface area contributed by atoms with Crippen molar-refractivity contribution in [1.82, 2.24) is 5.32 Å². The smallest absolute Gasteiger partial charge is 0.123 e. The van der Waals surface area contributed by atoms with Gasteiger partial charge in [0.2, 0.25) is 0 Å². The average molecular weight is 298 g/mol. The molecule has 1 aliphatic heterocycles. The Morgan fingerprint density at radius 2 is 2.29 bits per heavy atom. The van der Waals surface area contributed by atoms with Gasteiger partial charge in [-0.15, -0.1) is 0 Å². The van der Waals surface area contributed by atoms with Crippen molar-refractivity contribution in [1.29, 1.82) is 0 Å². The van der Waals surface area contributed by atoms with Crippen molar-refractivity contribution >= 4 is 15.9 Å². The molecule has 1 aromatic carbocycles. The molecule has 1 aliphatic rings. The number of hydrogen-bond acceptors (Lipinski definition) is 2. The molecule has 1 atom stereocenters. The van der Waals surface area contributed by atoms with Gasteiger partial charge >= 0.3 is 0 Å². The van der Waals surface area contributed by atoms with Crippen molar-refractivity contribution in [3.63, 3.8) is 0 Å². The van der Waals surface area contributed by atoms with Crippen LogP contribution in [0.1, 0.15) is 24.0 Å². The average Bonchev–Trinajstić information content (AvgIpc) is 2.37. The number of rotatable bonds is 3. The summed E-state index contributed by atoms with van der Waals surface area (Å²) in [6.07, 6.45) is 3.70. The molecule has 2 nitrogen and oxygen atoms in total. The third kappa shape index (κ3) is 3.02. The minimum absolute atomic E-state index is 0.732. The number of hydrogen-bond donors (Lipinski definition) is 1. The maximum absolute atomic E-state index is 5.47. The van der Waals surface area contributed by atoms with E-state index in [1.165, 1.54) is 35.0 Å². The van der Waals surface area contributed by atoms with Crippen molar-refractivity contribution in [2.45, 2.75) is 26.2 Å². The molecule has 0 aromatic heterocycles. The van der Waals surface area contributed by atoms with Crippen LogP contribution in [0, 0.1) is 12.8 Å². The highest BCUT2D eigenvalue weighted by Gasteiger charge is 2.18. The molecular weight excluding hydrogens is 278 g/mol. The molecule has 1 saturated heterocycles. The molecular formula is C14H20BrNO. The third-order valence-electron chi connectivity index (χ3n) is 3.50. The molecule has 1 fully saturated rings. The number of methoxy groups -OCH3 is 1. The van der Waals surface area contributed by atoms with Gasteiger partial charge in [0.15, 0.2) is 0 Å². The molecule has 1 N–H and O–H groups in total. The standard InChI is InChI=1S/C14H20BrNO/c1-10-5-6-13(17-2)12(14(10)15)8-11-4-3-7-16-9-11/h5-6,11,16H,3-4,7-9H2,1-2H3. The first-order valence-corrected chi connectivity index (χ1v) is 7.04. The molecule has 2 rings (SSSR count). The van der Waals surface area contributed by atoms with Gasteiger partial charge in [0.05, 0.1) is 7.11 Å². The van der Waals surface area contributed by atoms with Crippen LogP contribution in [-0.4, -0.2) is 20.2 Å². The summed E-state index contributed by atoms with van der Waals surface area (Å²) in [7, 11) is 1.75. The van der Waals surface area contributed by atoms with Gasteiger partial charge in [0.1, 0.15) is 5.75 Å². The maximum atomic E-state index is 5.47. The van der Waals surface area contributed by atoms with Crippen LogP contribution in [0.5, 0.6) is 5.75 Å². The van der Waals surface area contributed by atoms with Gasteiger partial charge in [-0.25, -0.2) is 0 Å². The summed E-state index contributed by atoms with van der Waals surface area (Å²) >= 11 is 3.70. The Bertz CT molecular complexity index is 386. The van der Waals surface area contributed by atoms with Crippen LogP contribution in [0.2, 0.25) is 0 Å². The number of benzene rings is 1. The van der Waals surface area contributed by atoms with Crippen molar-refractivity contribution < 1.29 is 4.74 Å². The van der Waals surface area contributed by atoms with E-state index in [-0.39, 0.29) is 0 Å². The lowest BCUT2D eigenvalue weighted by atomic mass is 9.91. The van der Waals surface area contributed by atoms with E-state index in [2.05, 4.69) is 40.3 Å². The summed E-state index contributed by atoms with van der Waals surface area (Å²) in [5.41, 5.74) is 2.60. The first-order valence-electron chi connectivity index (χ1n) is 6.25. The van der Waals surface area contributed by atoms with Crippen LogP contribution in [-0.2, 0) is 6.42 Å². The van der Waals surface area contributed by atoms with E-state index in [4.69, 9.17) is 4.74 Å². The van der Waals surface area contributed by atoms with Crippen molar-refractivity contribution in [2.75, 3.05) is 20.2 Å². The van der Waals surface area contributed by atoms with E-state index in [0.717, 1.165) is 24.6 Å². The topological polar surface area (TPSA) is 21.3 Å². The first kappa shape index (κ1) is 12.9. The Kier molecular flexibility index (Phi) is 4.46. The zero-order chi connectivity index (χ0) is 12.3. The Morgan fingerprint density at radius 1 is 1.47 bits per heavy atom. The van der Waals surface area contributed by atoms with Crippen molar-refractivity contribution in [2.24, 2.45) is 5.92 Å². The van der Waals surface area contributed by atoms with Crippen LogP contribution >= 0.6 is 15.9 Å². The van der Waals surface area contributed by atoms with Gasteiger partial charge < -0.3 is 10.1 Å². The number of aryl methyl sites for hydroxylation is 1. The van der Waals surface area contributed by atoms with Gasteiger partial charge in [-0.3, -0.25) is 0 Å². The molecule has 0 radical (unpaired) electrons. The lowest BCUT2D eigenvalue weighted by molar-refractivity contribution is 0.363. The summed E-state index contributed by atoms with van der Waals surface area (Å²) < 4.78 is 6.68. The van der Waals surface area contributed by atoms with E-state index < -0.39 is 0 Å². The third-order valence-corrected chi connectivity index (χ3v) is 4.61. The van der Waals surface area contributed by atoms with Crippen LogP contribution in [0.3, 0.4) is 0 Å². The highest BCUT2D eigenvalue weighted by Crippen LogP contribution is 2.33. The fraction of sp³-hybridized carbons (Fsp3) is 0.571. The molecule has 0 aliphatic carbocycles. The molecule has 17 heavy (non-hydrogen) atoms. The number of nitrogens with one attached hydrogen (secondary N) is 1. The van der Waals surface area contributed by atoms with Gasteiger partial charge in [-0.1, -0.05) is 22.0 Å². The van der Waals surface area contributed by atoms with E-state index in [1.807, 2.05) is 0 Å². The van der Waals surface area contributed by atoms with E-state index in [9.17, 15) is 0 Å². The Morgan fingerprint density at radius 3 is 2.94 bits per heavy atom. The molecule has 1 heterocycles. The second-order valence-electron chi connectivity index (χ2n) is 4.79. The van der Waals surface area contributed by atoms with Gasteiger partial charge in [0, 0.05) is 10.0 Å². The number of halogens is 1. The van der Waals surface area contributed by atoms with Crippen molar-refractivity contribution in [3.8, 4) is 5.75 Å². The fourth-order valence-corrected chi connectivity index (χ4v) is 2.98. The second kappa shape index (κ2) is 5.87. The van der Waals surface area contributed by atoms with E-state index in [1.54, 1.807) is 7.11 Å². The lowest BCUT2D eigenvalue weighted by Crippen LogP contribution is -2.31. The quantitative estimate of drug-likeness (QED) is 0.924. The van der Waals surface area contributed by atoms with Crippen LogP contribution in [0.15, 0.2) is 16.6 Å². The minimum Gasteiger partial charge on any atom is -0.496 e. The molecule has 3 heteroatoms. The van der Waals surface area contributed by atoms with E-state index >= 15 is 0 Å². The zero-order valence-electron chi connectivity index (χ0n) is 10.6. The fourth-order valence-electron chi connectivity index (χ4n) is 2.49. The van der Waals surface area contributed by atoms with Crippen LogP contribution in [0.4, 0.5) is 0 Å². The summed E-state index contributed by atoms with van der Waals surface area (Å²) in [4.78, 5) is 0. The molecule has 0 bridgehead atoms. The largest absolute Gasteiger partial charge is 0.496 e. The zero-order valence-corrected chi connectivity index (χ0v) is 12.1. The normalized spacial score (nSPS) is 20.3. The van der Waals surface area contributed by atoms with Crippen molar-refractivity contribution in [3.05, 3.63) is 27.7 Å². The predicted octanol–water partition coefficient (Wildman–Crippen LogP) is 3.31. The highest BCUT2D eigenvalue weighted by atomic mass is 79.9. The summed E-state index contributed by atoms with van der Waals surface area (Å²) in [5.74, 6) is 1.74.